The zero-order chi connectivity index (χ0) is 69.0. The second-order valence-electron chi connectivity index (χ2n) is 23.1. The summed E-state index contributed by atoms with van der Waals surface area (Å²) in [4.78, 5) is 72.6. The smallest absolute Gasteiger partial charge is 0.462 e. The van der Waals surface area contributed by atoms with Gasteiger partial charge >= 0.3 is 39.5 Å². The standard InChI is InChI=1S/C75H124O17P2/c1-5-9-13-17-21-25-29-32-34-37-41-44-48-52-56-60-73(78)86-66-71(92-75(80)62-58-54-50-46-42-38-35-33-30-26-22-18-14-10-6-2)68-90-94(83,84)88-64-69(76)63-87-93(81,82)89-67-70(91-74(79)61-57-53-49-45-39-28-24-20-16-12-8-4)65-85-72(77)59-55-51-47-43-40-36-31-27-23-19-15-11-7-3/h9-10,13-15,19-22,24-27,31-35,41-42,44,46,69-71,76H,5-8,11-12,16-18,23,28-30,36-40,43,45,47-68H2,1-4H3,(H,81,82)(H,83,84)/b13-9-,14-10-,19-15-,24-20-,25-21-,26-22-,31-27-,34-32-,35-33-,44-41-,46-42-. The van der Waals surface area contributed by atoms with E-state index in [1.165, 1.54) is 12.8 Å². The van der Waals surface area contributed by atoms with E-state index < -0.39 is 97.5 Å². The summed E-state index contributed by atoms with van der Waals surface area (Å²) in [6.45, 7) is 4.37. The summed E-state index contributed by atoms with van der Waals surface area (Å²) in [5.74, 6) is -2.31. The van der Waals surface area contributed by atoms with Crippen LogP contribution in [0.4, 0.5) is 0 Å². The summed E-state index contributed by atoms with van der Waals surface area (Å²) in [6, 6.07) is 0. The lowest BCUT2D eigenvalue weighted by Gasteiger charge is -2.21. The Kier molecular flexibility index (Phi) is 63.4. The molecule has 94 heavy (non-hydrogen) atoms. The van der Waals surface area contributed by atoms with Gasteiger partial charge in [-0.1, -0.05) is 219 Å². The first-order valence-corrected chi connectivity index (χ1v) is 38.4. The molecule has 0 aromatic carbocycles. The Morgan fingerprint density at radius 1 is 0.309 bits per heavy atom. The maximum atomic E-state index is 13.0. The molecule has 19 heteroatoms. The van der Waals surface area contributed by atoms with Crippen molar-refractivity contribution in [2.24, 2.45) is 0 Å². The van der Waals surface area contributed by atoms with Crippen LogP contribution in [0.2, 0.25) is 0 Å². The second-order valence-corrected chi connectivity index (χ2v) is 26.0. The van der Waals surface area contributed by atoms with Gasteiger partial charge in [-0.05, 0) is 148 Å². The van der Waals surface area contributed by atoms with E-state index in [1.807, 2.05) is 0 Å². The highest BCUT2D eigenvalue weighted by atomic mass is 31.2. The van der Waals surface area contributed by atoms with Crippen LogP contribution < -0.4 is 0 Å². The Morgan fingerprint density at radius 3 is 0.926 bits per heavy atom. The number of allylic oxidation sites excluding steroid dienone is 22. The number of aliphatic hydroxyl groups is 1. The number of esters is 4. The molecule has 0 amide bonds. The van der Waals surface area contributed by atoms with Crippen molar-refractivity contribution in [3.63, 3.8) is 0 Å². The summed E-state index contributed by atoms with van der Waals surface area (Å²) < 4.78 is 68.1. The summed E-state index contributed by atoms with van der Waals surface area (Å²) in [5, 5.41) is 10.6. The molecular formula is C75H124O17P2. The van der Waals surface area contributed by atoms with Crippen molar-refractivity contribution in [2.75, 3.05) is 39.6 Å². The molecule has 0 bridgehead atoms. The van der Waals surface area contributed by atoms with E-state index in [1.54, 1.807) is 0 Å². The van der Waals surface area contributed by atoms with Gasteiger partial charge in [0.2, 0.25) is 0 Å². The van der Waals surface area contributed by atoms with E-state index in [2.05, 4.69) is 161 Å². The molecule has 5 unspecified atom stereocenters. The molecule has 0 aromatic heterocycles. The van der Waals surface area contributed by atoms with Crippen LogP contribution in [0.3, 0.4) is 0 Å². The number of carbonyl (C=O) groups is 4. The first-order chi connectivity index (χ1) is 45.7. The minimum absolute atomic E-state index is 0.0294. The highest BCUT2D eigenvalue weighted by Crippen LogP contribution is 2.45. The molecule has 0 radical (unpaired) electrons. The molecule has 0 heterocycles. The van der Waals surface area contributed by atoms with E-state index in [4.69, 9.17) is 37.0 Å². The van der Waals surface area contributed by atoms with Gasteiger partial charge in [0.05, 0.1) is 26.4 Å². The third-order valence-corrected chi connectivity index (χ3v) is 16.0. The number of hydrogen-bond donors (Lipinski definition) is 3. The van der Waals surface area contributed by atoms with E-state index in [-0.39, 0.29) is 25.7 Å². The highest BCUT2D eigenvalue weighted by molar-refractivity contribution is 7.47. The Balaban J connectivity index is 5.43. The Labute approximate surface area is 567 Å². The number of unbranched alkanes of at least 4 members (excludes halogenated alkanes) is 17. The third-order valence-electron chi connectivity index (χ3n) is 14.1. The quantitative estimate of drug-likeness (QED) is 0.0169. The molecule has 3 N–H and O–H groups in total. The molecule has 0 saturated carbocycles. The second kappa shape index (κ2) is 66.8. The third kappa shape index (κ3) is 65.8. The van der Waals surface area contributed by atoms with Crippen molar-refractivity contribution in [2.45, 2.75) is 277 Å². The zero-order valence-corrected chi connectivity index (χ0v) is 59.9. The van der Waals surface area contributed by atoms with E-state index in [0.717, 1.165) is 161 Å². The predicted octanol–water partition coefficient (Wildman–Crippen LogP) is 19.8. The molecule has 0 aliphatic rings. The van der Waals surface area contributed by atoms with Gasteiger partial charge in [-0.3, -0.25) is 37.3 Å². The van der Waals surface area contributed by atoms with Crippen LogP contribution in [0.25, 0.3) is 0 Å². The van der Waals surface area contributed by atoms with E-state index in [0.29, 0.717) is 32.1 Å². The van der Waals surface area contributed by atoms with Gasteiger partial charge in [0.25, 0.3) is 0 Å². The van der Waals surface area contributed by atoms with Crippen LogP contribution in [0, 0.1) is 0 Å². The molecule has 0 saturated heterocycles. The maximum Gasteiger partial charge on any atom is 0.472 e. The van der Waals surface area contributed by atoms with Crippen LogP contribution in [0.5, 0.6) is 0 Å². The number of ether oxygens (including phenoxy) is 4. The normalized spacial score (nSPS) is 14.8. The van der Waals surface area contributed by atoms with Crippen molar-refractivity contribution in [3.05, 3.63) is 134 Å². The number of aliphatic hydroxyl groups excluding tert-OH is 1. The summed E-state index contributed by atoms with van der Waals surface area (Å²) in [6.07, 6.45) is 71.9. The van der Waals surface area contributed by atoms with Gasteiger partial charge < -0.3 is 33.8 Å². The molecule has 5 atom stereocenters. The fourth-order valence-corrected chi connectivity index (χ4v) is 10.3. The van der Waals surface area contributed by atoms with Crippen LogP contribution >= 0.6 is 15.6 Å². The van der Waals surface area contributed by atoms with E-state index in [9.17, 15) is 43.2 Å². The SMILES string of the molecule is CC/C=C\C/C=C\C/C=C\C/C=C\CCCCC(=O)OCC(COP(=O)(O)OCC(O)COP(=O)(O)OCC(COC(=O)CCCCCCC/C=C\C/C=C\CCC)OC(=O)CCCCCCC/C=C\CCCC)OC(=O)CCCC/C=C\C/C=C\C/C=C\C/C=C\CC. The topological polar surface area (TPSA) is 237 Å². The lowest BCUT2D eigenvalue weighted by molar-refractivity contribution is -0.161. The molecule has 0 spiro atoms. The zero-order valence-electron chi connectivity index (χ0n) is 58.1. The molecule has 536 valence electrons. The summed E-state index contributed by atoms with van der Waals surface area (Å²) >= 11 is 0. The van der Waals surface area contributed by atoms with E-state index >= 15 is 0 Å². The fraction of sp³-hybridized carbons (Fsp3) is 0.653. The molecule has 0 aromatic rings. The summed E-state index contributed by atoms with van der Waals surface area (Å²) in [5.41, 5.74) is 0. The molecule has 17 nitrogen and oxygen atoms in total. The lowest BCUT2D eigenvalue weighted by atomic mass is 10.1. The number of phosphoric acid groups is 2. The molecule has 0 rings (SSSR count). The fourth-order valence-electron chi connectivity index (χ4n) is 8.69. The average molecular weight is 1360 g/mol. The Morgan fingerprint density at radius 2 is 0.574 bits per heavy atom. The molecule has 0 aliphatic carbocycles. The van der Waals surface area contributed by atoms with Crippen molar-refractivity contribution in [3.8, 4) is 0 Å². The van der Waals surface area contributed by atoms with Crippen LogP contribution in [-0.4, -0.2) is 96.7 Å². The number of rotatable bonds is 65. The maximum absolute atomic E-state index is 13.0. The van der Waals surface area contributed by atoms with Gasteiger partial charge in [-0.15, -0.1) is 0 Å². The van der Waals surface area contributed by atoms with Crippen LogP contribution in [0.15, 0.2) is 134 Å². The van der Waals surface area contributed by atoms with Crippen molar-refractivity contribution < 1.29 is 80.2 Å². The highest BCUT2D eigenvalue weighted by Gasteiger charge is 2.30. The van der Waals surface area contributed by atoms with Gasteiger partial charge in [-0.2, -0.15) is 0 Å². The minimum Gasteiger partial charge on any atom is -0.462 e. The summed E-state index contributed by atoms with van der Waals surface area (Å²) in [7, 11) is -9.97. The van der Waals surface area contributed by atoms with Gasteiger partial charge in [0.15, 0.2) is 12.2 Å². The Bertz CT molecular complexity index is 2310. The van der Waals surface area contributed by atoms with Crippen molar-refractivity contribution in [1.82, 2.24) is 0 Å². The average Bonchev–Trinajstić information content (AvgIpc) is 1.36. The van der Waals surface area contributed by atoms with Crippen LogP contribution in [-0.2, 0) is 65.4 Å². The molecule has 0 aliphatic heterocycles. The van der Waals surface area contributed by atoms with Crippen LogP contribution in [0.1, 0.15) is 259 Å². The first-order valence-electron chi connectivity index (χ1n) is 35.4. The predicted molar refractivity (Wildman–Crippen MR) is 381 cm³/mol. The van der Waals surface area contributed by atoms with Gasteiger partial charge in [0, 0.05) is 25.7 Å². The first kappa shape index (κ1) is 89.2. The largest absolute Gasteiger partial charge is 0.472 e. The van der Waals surface area contributed by atoms with Gasteiger partial charge in [-0.25, -0.2) is 9.13 Å². The van der Waals surface area contributed by atoms with Crippen molar-refractivity contribution >= 4 is 39.5 Å². The van der Waals surface area contributed by atoms with Gasteiger partial charge in [0.1, 0.15) is 19.3 Å². The monoisotopic (exact) mass is 1360 g/mol. The molecule has 0 fully saturated rings. The number of carbonyl (C=O) groups excluding carboxylic acids is 4. The minimum atomic E-state index is -4.99. The lowest BCUT2D eigenvalue weighted by Crippen LogP contribution is -2.30. The number of hydrogen-bond acceptors (Lipinski definition) is 15. The number of phosphoric ester groups is 2. The Hall–Kier alpha value is -4.80. The van der Waals surface area contributed by atoms with Crippen molar-refractivity contribution in [1.29, 1.82) is 0 Å². The molecular weight excluding hydrogens is 1230 g/mol.